The van der Waals surface area contributed by atoms with E-state index in [2.05, 4.69) is 0 Å². The third-order valence-corrected chi connectivity index (χ3v) is 4.69. The molecule has 122 valence electrons. The number of rotatable bonds is 2. The number of hydrogen-bond acceptors (Lipinski definition) is 2. The summed E-state index contributed by atoms with van der Waals surface area (Å²) in [6, 6.07) is 0. The fourth-order valence-corrected chi connectivity index (χ4v) is 3.41. The second kappa shape index (κ2) is 6.73. The van der Waals surface area contributed by atoms with Crippen LogP contribution in [0.25, 0.3) is 0 Å². The monoisotopic (exact) mass is 327 g/mol. The van der Waals surface area contributed by atoms with E-state index in [0.717, 1.165) is 0 Å². The first-order valence-corrected chi connectivity index (χ1v) is 7.91. The predicted molar refractivity (Wildman–Crippen MR) is 73.1 cm³/mol. The van der Waals surface area contributed by atoms with Crippen LogP contribution in [0.2, 0.25) is 0 Å². The molecule has 0 spiro atoms. The lowest BCUT2D eigenvalue weighted by Crippen LogP contribution is -2.52. The van der Waals surface area contributed by atoms with Crippen LogP contribution in [0.1, 0.15) is 32.6 Å². The highest BCUT2D eigenvalue weighted by atomic mass is 35.5. The van der Waals surface area contributed by atoms with Gasteiger partial charge in [0.2, 0.25) is 5.91 Å². The number of ether oxygens (including phenoxy) is 1. The highest BCUT2D eigenvalue weighted by Gasteiger charge is 2.43. The summed E-state index contributed by atoms with van der Waals surface area (Å²) in [4.78, 5) is 14.2. The van der Waals surface area contributed by atoms with Crippen LogP contribution in [0.5, 0.6) is 0 Å². The first-order chi connectivity index (χ1) is 9.81. The van der Waals surface area contributed by atoms with Crippen molar-refractivity contribution in [2.75, 3.05) is 19.0 Å². The Kier molecular flexibility index (Phi) is 5.41. The lowest BCUT2D eigenvalue weighted by Gasteiger charge is -2.39. The molecule has 0 aromatic carbocycles. The first kappa shape index (κ1) is 16.9. The van der Waals surface area contributed by atoms with Crippen molar-refractivity contribution < 1.29 is 22.7 Å². The Morgan fingerprint density at radius 3 is 2.38 bits per heavy atom. The van der Waals surface area contributed by atoms with E-state index in [1.54, 1.807) is 4.90 Å². The van der Waals surface area contributed by atoms with Gasteiger partial charge in [0.1, 0.15) is 0 Å². The highest BCUT2D eigenvalue weighted by molar-refractivity contribution is 6.18. The van der Waals surface area contributed by atoms with Gasteiger partial charge in [-0.15, -0.1) is 11.6 Å². The maximum absolute atomic E-state index is 12.6. The van der Waals surface area contributed by atoms with Crippen molar-refractivity contribution in [2.45, 2.75) is 51.0 Å². The molecule has 1 saturated heterocycles. The van der Waals surface area contributed by atoms with Crippen LogP contribution in [-0.4, -0.2) is 48.2 Å². The molecule has 0 aromatic heterocycles. The average Bonchev–Trinajstić information content (AvgIpc) is 2.45. The SMILES string of the molecule is CC1CN(C(=O)C2CCC(C(F)(F)F)CC2)CC(CCl)O1. The second-order valence-corrected chi connectivity index (χ2v) is 6.36. The molecule has 0 N–H and O–H groups in total. The standard InChI is InChI=1S/C14H21ClF3NO2/c1-9-7-19(8-12(6-15)21-9)13(20)10-2-4-11(5-3-10)14(16,17)18/h9-12H,2-8H2,1H3. The molecule has 2 rings (SSSR count). The minimum Gasteiger partial charge on any atom is -0.370 e. The van der Waals surface area contributed by atoms with Crippen LogP contribution in [0.3, 0.4) is 0 Å². The zero-order valence-corrected chi connectivity index (χ0v) is 12.8. The molecule has 1 heterocycles. The predicted octanol–water partition coefficient (Wildman–Crippen LogP) is 3.21. The van der Waals surface area contributed by atoms with E-state index in [1.165, 1.54) is 0 Å². The zero-order valence-electron chi connectivity index (χ0n) is 12.0. The number of halogens is 4. The van der Waals surface area contributed by atoms with E-state index in [4.69, 9.17) is 16.3 Å². The Balaban J connectivity index is 1.89. The molecule has 2 fully saturated rings. The average molecular weight is 328 g/mol. The molecule has 0 aromatic rings. The van der Waals surface area contributed by atoms with E-state index in [-0.39, 0.29) is 36.9 Å². The smallest absolute Gasteiger partial charge is 0.370 e. The number of nitrogens with zero attached hydrogens (tertiary/aromatic N) is 1. The van der Waals surface area contributed by atoms with Crippen molar-refractivity contribution in [3.05, 3.63) is 0 Å². The van der Waals surface area contributed by atoms with Crippen molar-refractivity contribution in [1.29, 1.82) is 0 Å². The third kappa shape index (κ3) is 4.25. The molecule has 21 heavy (non-hydrogen) atoms. The molecule has 2 aliphatic rings. The van der Waals surface area contributed by atoms with Gasteiger partial charge in [0, 0.05) is 19.0 Å². The Bertz CT molecular complexity index is 370. The Hall–Kier alpha value is -0.490. The van der Waals surface area contributed by atoms with E-state index in [1.807, 2.05) is 6.92 Å². The van der Waals surface area contributed by atoms with E-state index >= 15 is 0 Å². The molecule has 1 saturated carbocycles. The van der Waals surface area contributed by atoms with Crippen molar-refractivity contribution in [3.63, 3.8) is 0 Å². The maximum atomic E-state index is 12.6. The zero-order chi connectivity index (χ0) is 15.6. The molecular formula is C14H21ClF3NO2. The molecule has 0 radical (unpaired) electrons. The van der Waals surface area contributed by atoms with Gasteiger partial charge in [-0.25, -0.2) is 0 Å². The quantitative estimate of drug-likeness (QED) is 0.729. The Labute approximate surface area is 127 Å². The van der Waals surface area contributed by atoms with E-state index < -0.39 is 12.1 Å². The van der Waals surface area contributed by atoms with Crippen LogP contribution < -0.4 is 0 Å². The molecule has 1 amide bonds. The molecule has 7 heteroatoms. The van der Waals surface area contributed by atoms with Crippen molar-refractivity contribution >= 4 is 17.5 Å². The summed E-state index contributed by atoms with van der Waals surface area (Å²) in [6.45, 7) is 2.80. The number of carbonyl (C=O) groups is 1. The van der Waals surface area contributed by atoms with Gasteiger partial charge >= 0.3 is 6.18 Å². The highest BCUT2D eigenvalue weighted by Crippen LogP contribution is 2.40. The summed E-state index contributed by atoms with van der Waals surface area (Å²) in [5.74, 6) is -1.26. The number of morpholine rings is 1. The minimum atomic E-state index is -4.13. The molecule has 1 aliphatic carbocycles. The fourth-order valence-electron chi connectivity index (χ4n) is 3.24. The number of carbonyl (C=O) groups excluding carboxylic acids is 1. The lowest BCUT2D eigenvalue weighted by molar-refractivity contribution is -0.186. The van der Waals surface area contributed by atoms with Crippen LogP contribution >= 0.6 is 11.6 Å². The summed E-state index contributed by atoms with van der Waals surface area (Å²) >= 11 is 5.78. The largest absolute Gasteiger partial charge is 0.391 e. The van der Waals surface area contributed by atoms with Gasteiger partial charge in [0.05, 0.1) is 24.0 Å². The summed E-state index contributed by atoms with van der Waals surface area (Å²) in [6.07, 6.45) is -3.66. The molecular weight excluding hydrogens is 307 g/mol. The topological polar surface area (TPSA) is 29.5 Å². The summed E-state index contributed by atoms with van der Waals surface area (Å²) in [7, 11) is 0. The van der Waals surface area contributed by atoms with Gasteiger partial charge < -0.3 is 9.64 Å². The fraction of sp³-hybridized carbons (Fsp3) is 0.929. The maximum Gasteiger partial charge on any atom is 0.391 e. The van der Waals surface area contributed by atoms with Crippen molar-refractivity contribution in [1.82, 2.24) is 4.90 Å². The number of amides is 1. The molecule has 3 nitrogen and oxygen atoms in total. The van der Waals surface area contributed by atoms with Gasteiger partial charge in [-0.1, -0.05) is 0 Å². The normalized spacial score (nSPS) is 34.8. The van der Waals surface area contributed by atoms with Crippen molar-refractivity contribution in [3.8, 4) is 0 Å². The summed E-state index contributed by atoms with van der Waals surface area (Å²) < 4.78 is 43.5. The lowest BCUT2D eigenvalue weighted by atomic mass is 9.81. The summed E-state index contributed by atoms with van der Waals surface area (Å²) in [5.41, 5.74) is 0. The Morgan fingerprint density at radius 2 is 1.86 bits per heavy atom. The van der Waals surface area contributed by atoms with Crippen LogP contribution in [0.4, 0.5) is 13.2 Å². The number of hydrogen-bond donors (Lipinski definition) is 0. The molecule has 2 unspecified atom stereocenters. The summed E-state index contributed by atoms with van der Waals surface area (Å²) in [5, 5.41) is 0. The van der Waals surface area contributed by atoms with Crippen molar-refractivity contribution in [2.24, 2.45) is 11.8 Å². The van der Waals surface area contributed by atoms with E-state index in [0.29, 0.717) is 31.8 Å². The van der Waals surface area contributed by atoms with E-state index in [9.17, 15) is 18.0 Å². The van der Waals surface area contributed by atoms with Crippen LogP contribution in [0, 0.1) is 11.8 Å². The van der Waals surface area contributed by atoms with Gasteiger partial charge in [0.25, 0.3) is 0 Å². The molecule has 1 aliphatic heterocycles. The second-order valence-electron chi connectivity index (χ2n) is 6.06. The van der Waals surface area contributed by atoms with Crippen LogP contribution in [0.15, 0.2) is 0 Å². The first-order valence-electron chi connectivity index (χ1n) is 7.38. The molecule has 2 atom stereocenters. The van der Waals surface area contributed by atoms with Crippen LogP contribution in [-0.2, 0) is 9.53 Å². The molecule has 0 bridgehead atoms. The third-order valence-electron chi connectivity index (χ3n) is 4.35. The van der Waals surface area contributed by atoms with Gasteiger partial charge in [-0.2, -0.15) is 13.2 Å². The van der Waals surface area contributed by atoms with Gasteiger partial charge in [-0.3, -0.25) is 4.79 Å². The minimum absolute atomic E-state index is 0.0408. The number of alkyl halides is 4. The Morgan fingerprint density at radius 1 is 1.24 bits per heavy atom. The van der Waals surface area contributed by atoms with Gasteiger partial charge in [-0.05, 0) is 32.6 Å². The van der Waals surface area contributed by atoms with Gasteiger partial charge in [0.15, 0.2) is 0 Å².